The summed E-state index contributed by atoms with van der Waals surface area (Å²) in [6.45, 7) is 16.0. The van der Waals surface area contributed by atoms with Gasteiger partial charge in [-0.3, -0.25) is 19.9 Å². The van der Waals surface area contributed by atoms with E-state index < -0.39 is 0 Å². The van der Waals surface area contributed by atoms with E-state index >= 15 is 0 Å². The monoisotopic (exact) mass is 818 g/mol. The van der Waals surface area contributed by atoms with Crippen LogP contribution in [0.15, 0.2) is 80.2 Å². The second kappa shape index (κ2) is 22.5. The molecule has 13 nitrogen and oxygen atoms in total. The number of hydrogen-bond acceptors (Lipinski definition) is 13. The minimum atomic E-state index is -0.00385. The first-order valence-electron chi connectivity index (χ1n) is 19.3. The van der Waals surface area contributed by atoms with Crippen molar-refractivity contribution < 1.29 is 23.5 Å². The summed E-state index contributed by atoms with van der Waals surface area (Å²) >= 11 is 7.69. The largest absolute Gasteiger partial charge is 0.497 e. The molecule has 4 N–H and O–H groups in total. The highest BCUT2D eigenvalue weighted by Crippen LogP contribution is 2.34. The Kier molecular flexibility index (Phi) is 17.2. The van der Waals surface area contributed by atoms with Crippen molar-refractivity contribution in [1.29, 1.82) is 0 Å². The van der Waals surface area contributed by atoms with Crippen LogP contribution in [0, 0.1) is 20.8 Å². The Morgan fingerprint density at radius 2 is 1.68 bits per heavy atom. The van der Waals surface area contributed by atoms with Crippen LogP contribution in [0.4, 0.5) is 5.69 Å². The summed E-state index contributed by atoms with van der Waals surface area (Å²) in [6.07, 6.45) is 1.88. The number of nitrogens with one attached hydrogen (secondary N) is 4. The third-order valence-electron chi connectivity index (χ3n) is 9.21. The van der Waals surface area contributed by atoms with Gasteiger partial charge in [-0.15, -0.1) is 0 Å². The number of carbonyl (C=O) groups excluding carboxylic acids is 1. The van der Waals surface area contributed by atoms with Gasteiger partial charge in [-0.25, -0.2) is 0 Å². The molecular formula is C42H55ClN8O5S. The van der Waals surface area contributed by atoms with Crippen LogP contribution in [0.3, 0.4) is 0 Å². The number of aryl methyl sites for hydroxylation is 3. The molecule has 0 radical (unpaired) electrons. The van der Waals surface area contributed by atoms with E-state index in [1.165, 1.54) is 17.4 Å². The van der Waals surface area contributed by atoms with Crippen molar-refractivity contribution in [1.82, 2.24) is 25.9 Å². The number of rotatable bonds is 19. The molecule has 0 saturated carbocycles. The zero-order valence-electron chi connectivity index (χ0n) is 33.7. The maximum Gasteiger partial charge on any atom is 0.216 e. The highest BCUT2D eigenvalue weighted by Gasteiger charge is 2.31. The fraction of sp³-hybridized carbons (Fsp3) is 0.429. The van der Waals surface area contributed by atoms with Gasteiger partial charge in [0.1, 0.15) is 17.7 Å². The summed E-state index contributed by atoms with van der Waals surface area (Å²) in [7, 11) is 1.67. The zero-order valence-corrected chi connectivity index (χ0v) is 35.3. The highest BCUT2D eigenvalue weighted by molar-refractivity contribution is 7.97. The van der Waals surface area contributed by atoms with Gasteiger partial charge >= 0.3 is 0 Å². The van der Waals surface area contributed by atoms with Crippen molar-refractivity contribution in [3.05, 3.63) is 93.8 Å². The first kappa shape index (κ1) is 43.7. The number of fused-ring (bicyclic) bond motifs is 3. The van der Waals surface area contributed by atoms with Crippen molar-refractivity contribution in [2.75, 3.05) is 71.2 Å². The Morgan fingerprint density at radius 3 is 2.39 bits per heavy atom. The van der Waals surface area contributed by atoms with E-state index in [0.29, 0.717) is 37.9 Å². The number of carbonyl (C=O) groups is 1. The van der Waals surface area contributed by atoms with Crippen molar-refractivity contribution in [2.45, 2.75) is 58.5 Å². The SMILES string of the molecule is CC(=O)NCCCOCCOCCCNCCNSc1cc(-c2c(C)noc2C)ccc1C.COc1ccc2c(c1)C(c1ccc(Cl)cc1)=NCC1=NNC(C)N12. The number of halogens is 1. The number of ether oxygens (including phenoxy) is 3. The standard InChI is InChI=1S/C24H38N4O4S.C18H17ClN4O/c1-18-7-8-22(24-19(2)28-32-20(24)3)17-23(18)33-27-12-11-25-9-5-13-30-15-16-31-14-6-10-26-21(4)29;1-11-21-22-17-10-20-18(12-3-5-13(19)6-4-12)15-9-14(24-2)7-8-16(15)23(11)17/h7-8,17,25,27H,5-6,9-16H2,1-4H3,(H,26,29);3-9,11,21H,10H2,1-2H3. The Bertz CT molecular complexity index is 1950. The van der Waals surface area contributed by atoms with Crippen LogP contribution in [-0.2, 0) is 14.3 Å². The number of hydrogen-bond donors (Lipinski definition) is 4. The molecule has 2 aliphatic rings. The summed E-state index contributed by atoms with van der Waals surface area (Å²) in [6, 6.07) is 20.2. The van der Waals surface area contributed by atoms with Crippen LogP contribution in [0.5, 0.6) is 5.75 Å². The molecule has 0 fully saturated rings. The molecule has 0 saturated heterocycles. The molecule has 306 valence electrons. The fourth-order valence-corrected chi connectivity index (χ4v) is 7.21. The van der Waals surface area contributed by atoms with Gasteiger partial charge in [0.2, 0.25) is 5.91 Å². The van der Waals surface area contributed by atoms with Crippen molar-refractivity contribution in [3.63, 3.8) is 0 Å². The van der Waals surface area contributed by atoms with E-state index in [9.17, 15) is 4.79 Å². The number of nitrogens with zero attached hydrogens (tertiary/aromatic N) is 4. The first-order chi connectivity index (χ1) is 27.7. The number of benzene rings is 3. The van der Waals surface area contributed by atoms with E-state index in [1.807, 2.05) is 50.2 Å². The molecule has 1 amide bonds. The Balaban J connectivity index is 0.000000227. The molecule has 1 atom stereocenters. The van der Waals surface area contributed by atoms with Crippen LogP contribution in [0.2, 0.25) is 5.02 Å². The van der Waals surface area contributed by atoms with E-state index in [-0.39, 0.29) is 12.1 Å². The predicted molar refractivity (Wildman–Crippen MR) is 230 cm³/mol. The second-order valence-corrected chi connectivity index (χ2v) is 15.0. The second-order valence-electron chi connectivity index (χ2n) is 13.6. The van der Waals surface area contributed by atoms with Crippen molar-refractivity contribution in [3.8, 4) is 16.9 Å². The summed E-state index contributed by atoms with van der Waals surface area (Å²) in [5.74, 6) is 2.56. The predicted octanol–water partition coefficient (Wildman–Crippen LogP) is 6.67. The number of methoxy groups -OCH3 is 1. The lowest BCUT2D eigenvalue weighted by Crippen LogP contribution is -2.38. The molecule has 1 unspecified atom stereocenters. The van der Waals surface area contributed by atoms with Gasteiger partial charge in [0.25, 0.3) is 0 Å². The Hall–Kier alpha value is -4.44. The average molecular weight is 819 g/mol. The van der Waals surface area contributed by atoms with Gasteiger partial charge in [-0.05, 0) is 107 Å². The molecule has 2 aliphatic heterocycles. The lowest BCUT2D eigenvalue weighted by atomic mass is 9.99. The van der Waals surface area contributed by atoms with E-state index in [0.717, 1.165) is 95.8 Å². The summed E-state index contributed by atoms with van der Waals surface area (Å²) in [4.78, 5) is 18.9. The number of amides is 1. The normalized spacial score (nSPS) is 14.4. The Labute approximate surface area is 345 Å². The minimum Gasteiger partial charge on any atom is -0.497 e. The smallest absolute Gasteiger partial charge is 0.216 e. The molecule has 0 spiro atoms. The average Bonchev–Trinajstić information content (AvgIpc) is 3.69. The molecule has 3 aromatic carbocycles. The topological polar surface area (TPSA) is 147 Å². The van der Waals surface area contributed by atoms with Crippen molar-refractivity contribution in [2.24, 2.45) is 10.1 Å². The molecule has 0 aliphatic carbocycles. The lowest BCUT2D eigenvalue weighted by Gasteiger charge is -2.25. The third kappa shape index (κ3) is 12.8. The van der Waals surface area contributed by atoms with Gasteiger partial charge in [0.15, 0.2) is 5.84 Å². The summed E-state index contributed by atoms with van der Waals surface area (Å²) < 4.78 is 25.2. The van der Waals surface area contributed by atoms with Crippen LogP contribution in [0.25, 0.3) is 11.1 Å². The number of aliphatic imine (C=N–C) groups is 1. The molecule has 3 heterocycles. The van der Waals surface area contributed by atoms with Crippen LogP contribution < -0.4 is 30.4 Å². The highest BCUT2D eigenvalue weighted by atomic mass is 35.5. The maximum atomic E-state index is 10.7. The first-order valence-corrected chi connectivity index (χ1v) is 20.5. The maximum absolute atomic E-state index is 10.7. The molecular weight excluding hydrogens is 764 g/mol. The van der Waals surface area contributed by atoms with E-state index in [1.54, 1.807) is 19.1 Å². The van der Waals surface area contributed by atoms with Gasteiger partial charge < -0.3 is 34.3 Å². The molecule has 4 aromatic rings. The lowest BCUT2D eigenvalue weighted by molar-refractivity contribution is -0.119. The van der Waals surface area contributed by atoms with Crippen LogP contribution in [0.1, 0.15) is 54.8 Å². The van der Waals surface area contributed by atoms with Crippen LogP contribution in [-0.4, -0.2) is 95.0 Å². The molecule has 6 rings (SSSR count). The number of hydrazone groups is 1. The van der Waals surface area contributed by atoms with Gasteiger partial charge in [-0.2, -0.15) is 5.10 Å². The van der Waals surface area contributed by atoms with Crippen molar-refractivity contribution >= 4 is 46.7 Å². The van der Waals surface area contributed by atoms with Gasteiger partial charge in [0.05, 0.1) is 44.0 Å². The summed E-state index contributed by atoms with van der Waals surface area (Å²) in [5, 5.41) is 15.4. The van der Waals surface area contributed by atoms with Crippen LogP contribution >= 0.6 is 23.5 Å². The van der Waals surface area contributed by atoms with Gasteiger partial charge in [-0.1, -0.05) is 41.0 Å². The molecule has 0 bridgehead atoms. The van der Waals surface area contributed by atoms with Gasteiger partial charge in [0, 0.05) is 66.4 Å². The third-order valence-corrected chi connectivity index (χ3v) is 10.5. The number of aromatic nitrogens is 1. The molecule has 57 heavy (non-hydrogen) atoms. The fourth-order valence-electron chi connectivity index (χ4n) is 6.31. The minimum absolute atomic E-state index is 0.00385. The van der Waals surface area contributed by atoms with E-state index in [4.69, 9.17) is 35.3 Å². The molecule has 1 aromatic heterocycles. The number of anilines is 1. The summed E-state index contributed by atoms with van der Waals surface area (Å²) in [5.41, 5.74) is 11.5. The quantitative estimate of drug-likeness (QED) is 0.0595. The number of amidine groups is 1. The Morgan fingerprint density at radius 1 is 0.947 bits per heavy atom. The molecule has 15 heteroatoms. The van der Waals surface area contributed by atoms with E-state index in [2.05, 4.69) is 74.1 Å². The zero-order chi connectivity index (χ0) is 40.6.